The minimum Gasteiger partial charge on any atom is -0.312 e. The van der Waals surface area contributed by atoms with Gasteiger partial charge in [-0.25, -0.2) is 4.98 Å². The van der Waals surface area contributed by atoms with Gasteiger partial charge in [-0.15, -0.1) is 23.1 Å². The van der Waals surface area contributed by atoms with Crippen molar-refractivity contribution < 1.29 is 13.2 Å². The highest BCUT2D eigenvalue weighted by molar-refractivity contribution is 7.99. The number of rotatable bonds is 6. The van der Waals surface area contributed by atoms with E-state index in [4.69, 9.17) is 0 Å². The van der Waals surface area contributed by atoms with Crippen molar-refractivity contribution in [2.75, 3.05) is 6.54 Å². The van der Waals surface area contributed by atoms with Crippen LogP contribution in [0.4, 0.5) is 13.2 Å². The lowest BCUT2D eigenvalue weighted by molar-refractivity contribution is -0.141. The lowest BCUT2D eigenvalue weighted by Gasteiger charge is -2.16. The molecular weight excluding hydrogens is 305 g/mol. The summed E-state index contributed by atoms with van der Waals surface area (Å²) in [5.74, 6) is 0.519. The van der Waals surface area contributed by atoms with Gasteiger partial charge in [-0.05, 0) is 13.0 Å². The topological polar surface area (TPSA) is 24.9 Å². The van der Waals surface area contributed by atoms with Crippen molar-refractivity contribution in [2.45, 2.75) is 57.3 Å². The number of thioether (sulfide) groups is 1. The van der Waals surface area contributed by atoms with E-state index in [9.17, 15) is 13.2 Å². The van der Waals surface area contributed by atoms with Gasteiger partial charge in [-0.1, -0.05) is 27.7 Å². The van der Waals surface area contributed by atoms with Crippen molar-refractivity contribution in [3.8, 4) is 0 Å². The van der Waals surface area contributed by atoms with E-state index in [0.29, 0.717) is 17.3 Å². The largest absolute Gasteiger partial charge is 0.434 e. The van der Waals surface area contributed by atoms with Crippen LogP contribution in [0.15, 0.2) is 0 Å². The molecule has 1 N–H and O–H groups in total. The number of nitrogens with zero attached hydrogens (tertiary/aromatic N) is 1. The molecule has 0 spiro atoms. The van der Waals surface area contributed by atoms with E-state index < -0.39 is 11.9 Å². The van der Waals surface area contributed by atoms with Crippen LogP contribution in [0.25, 0.3) is 0 Å². The van der Waals surface area contributed by atoms with Gasteiger partial charge in [0.2, 0.25) is 0 Å². The lowest BCUT2D eigenvalue weighted by atomic mass is 10.3. The first-order valence-electron chi connectivity index (χ1n) is 6.54. The van der Waals surface area contributed by atoms with E-state index in [-0.39, 0.29) is 16.2 Å². The number of nitrogens with one attached hydrogen (secondary N) is 1. The van der Waals surface area contributed by atoms with Gasteiger partial charge in [0.25, 0.3) is 0 Å². The molecule has 116 valence electrons. The maximum atomic E-state index is 13.0. The summed E-state index contributed by atoms with van der Waals surface area (Å²) in [7, 11) is 0. The molecule has 0 saturated carbocycles. The quantitative estimate of drug-likeness (QED) is 0.768. The van der Waals surface area contributed by atoms with Gasteiger partial charge in [0.05, 0.1) is 4.88 Å². The number of halogens is 3. The van der Waals surface area contributed by atoms with Crippen LogP contribution in [-0.4, -0.2) is 16.3 Å². The molecule has 20 heavy (non-hydrogen) atoms. The van der Waals surface area contributed by atoms with E-state index in [1.54, 1.807) is 11.8 Å². The summed E-state index contributed by atoms with van der Waals surface area (Å²) in [6.45, 7) is 9.05. The van der Waals surface area contributed by atoms with Crippen LogP contribution in [-0.2, 0) is 18.5 Å². The molecule has 7 heteroatoms. The normalized spacial score (nSPS) is 12.9. The molecule has 0 atom stereocenters. The fourth-order valence-corrected chi connectivity index (χ4v) is 3.35. The average molecular weight is 326 g/mol. The first-order valence-corrected chi connectivity index (χ1v) is 8.34. The third kappa shape index (κ3) is 6.01. The van der Waals surface area contributed by atoms with Gasteiger partial charge >= 0.3 is 6.18 Å². The number of thiazole rings is 1. The predicted octanol–water partition coefficient (Wildman–Crippen LogP) is 4.69. The molecular formula is C13H21F3N2S2. The van der Waals surface area contributed by atoms with Crippen LogP contribution in [0.5, 0.6) is 0 Å². The van der Waals surface area contributed by atoms with Crippen molar-refractivity contribution in [2.24, 2.45) is 0 Å². The molecule has 0 amide bonds. The maximum absolute atomic E-state index is 13.0. The van der Waals surface area contributed by atoms with E-state index >= 15 is 0 Å². The Morgan fingerprint density at radius 2 is 1.90 bits per heavy atom. The third-order valence-electron chi connectivity index (χ3n) is 2.35. The molecule has 0 aliphatic heterocycles. The third-order valence-corrected chi connectivity index (χ3v) is 4.87. The summed E-state index contributed by atoms with van der Waals surface area (Å²) >= 11 is 2.77. The summed E-state index contributed by atoms with van der Waals surface area (Å²) in [4.78, 5) is 4.08. The highest BCUT2D eigenvalue weighted by atomic mass is 32.2. The van der Waals surface area contributed by atoms with Crippen molar-refractivity contribution in [3.05, 3.63) is 15.6 Å². The number of hydrogen-bond donors (Lipinski definition) is 1. The predicted molar refractivity (Wildman–Crippen MR) is 80.2 cm³/mol. The molecule has 2 nitrogen and oxygen atoms in total. The van der Waals surface area contributed by atoms with Gasteiger partial charge in [-0.3, -0.25) is 0 Å². The Balaban J connectivity index is 2.83. The molecule has 1 aromatic rings. The zero-order chi connectivity index (χ0) is 15.4. The van der Waals surface area contributed by atoms with E-state index in [1.165, 1.54) is 0 Å². The van der Waals surface area contributed by atoms with Crippen LogP contribution in [0.1, 0.15) is 49.7 Å². The number of alkyl halides is 3. The minimum absolute atomic E-state index is 0.0185. The van der Waals surface area contributed by atoms with Crippen LogP contribution in [0.3, 0.4) is 0 Å². The summed E-state index contributed by atoms with van der Waals surface area (Å²) in [6, 6.07) is 0. The average Bonchev–Trinajstić information content (AvgIpc) is 2.69. The monoisotopic (exact) mass is 326 g/mol. The second-order valence-electron chi connectivity index (χ2n) is 5.45. The second-order valence-corrected chi connectivity index (χ2v) is 8.43. The lowest BCUT2D eigenvalue weighted by Crippen LogP contribution is -2.17. The molecule has 0 unspecified atom stereocenters. The van der Waals surface area contributed by atoms with Gasteiger partial charge < -0.3 is 5.32 Å². The highest BCUT2D eigenvalue weighted by Gasteiger charge is 2.37. The Morgan fingerprint density at radius 3 is 2.40 bits per heavy atom. The molecule has 0 radical (unpaired) electrons. The first-order chi connectivity index (χ1) is 9.13. The SMILES string of the molecule is CCCNCc1sc(CSC(C)(C)C)nc1C(F)(F)F. The fourth-order valence-electron chi connectivity index (χ4n) is 1.46. The highest BCUT2D eigenvalue weighted by Crippen LogP contribution is 2.36. The summed E-state index contributed by atoms with van der Waals surface area (Å²) in [5, 5.41) is 3.56. The van der Waals surface area contributed by atoms with E-state index in [2.05, 4.69) is 10.3 Å². The molecule has 0 aliphatic carbocycles. The second kappa shape index (κ2) is 7.13. The molecule has 0 aromatic carbocycles. The van der Waals surface area contributed by atoms with Gasteiger partial charge in [0.15, 0.2) is 5.69 Å². The van der Waals surface area contributed by atoms with Crippen LogP contribution in [0, 0.1) is 0 Å². The molecule has 1 aromatic heterocycles. The number of aromatic nitrogens is 1. The zero-order valence-electron chi connectivity index (χ0n) is 12.2. The molecule has 0 saturated heterocycles. The molecule has 1 heterocycles. The van der Waals surface area contributed by atoms with Gasteiger partial charge in [0.1, 0.15) is 5.01 Å². The summed E-state index contributed by atoms with van der Waals surface area (Å²) < 4.78 is 38.9. The van der Waals surface area contributed by atoms with Gasteiger partial charge in [0, 0.05) is 17.0 Å². The molecule has 0 aliphatic rings. The molecule has 0 fully saturated rings. The summed E-state index contributed by atoms with van der Waals surface area (Å²) in [5.41, 5.74) is -0.726. The van der Waals surface area contributed by atoms with E-state index in [1.807, 2.05) is 27.7 Å². The Kier molecular flexibility index (Phi) is 6.34. The van der Waals surface area contributed by atoms with Crippen LogP contribution < -0.4 is 5.32 Å². The standard InChI is InChI=1S/C13H21F3N2S2/c1-5-6-17-7-9-11(13(14,15)16)18-10(20-9)8-19-12(2,3)4/h17H,5-8H2,1-4H3. The van der Waals surface area contributed by atoms with Crippen molar-refractivity contribution in [1.29, 1.82) is 0 Å². The van der Waals surface area contributed by atoms with Gasteiger partial charge in [-0.2, -0.15) is 13.2 Å². The smallest absolute Gasteiger partial charge is 0.312 e. The summed E-state index contributed by atoms with van der Waals surface area (Å²) in [6.07, 6.45) is -3.47. The molecule has 0 bridgehead atoms. The van der Waals surface area contributed by atoms with Crippen molar-refractivity contribution in [1.82, 2.24) is 10.3 Å². The zero-order valence-corrected chi connectivity index (χ0v) is 13.9. The molecule has 1 rings (SSSR count). The van der Waals surface area contributed by atoms with Crippen molar-refractivity contribution >= 4 is 23.1 Å². The Labute approximate surface area is 126 Å². The minimum atomic E-state index is -4.37. The Hall–Kier alpha value is -0.270. The number of hydrogen-bond acceptors (Lipinski definition) is 4. The fraction of sp³-hybridized carbons (Fsp3) is 0.769. The Morgan fingerprint density at radius 1 is 1.25 bits per heavy atom. The van der Waals surface area contributed by atoms with Crippen LogP contribution in [0.2, 0.25) is 0 Å². The van der Waals surface area contributed by atoms with Crippen molar-refractivity contribution in [3.63, 3.8) is 0 Å². The Bertz CT molecular complexity index is 422. The van der Waals surface area contributed by atoms with Crippen LogP contribution >= 0.6 is 23.1 Å². The first kappa shape index (κ1) is 17.8. The maximum Gasteiger partial charge on any atom is 0.434 e. The van der Waals surface area contributed by atoms with E-state index in [0.717, 1.165) is 17.8 Å².